The lowest BCUT2D eigenvalue weighted by Crippen LogP contribution is -2.36. The summed E-state index contributed by atoms with van der Waals surface area (Å²) in [6.45, 7) is 0. The minimum Gasteiger partial charge on any atom is -0.497 e. The number of carbonyl (C=O) groups excluding carboxylic acids is 1. The maximum Gasteiger partial charge on any atom is 0.262 e. The Morgan fingerprint density at radius 3 is 2.55 bits per heavy atom. The molecule has 1 fully saturated rings. The Bertz CT molecular complexity index is 1340. The van der Waals surface area contributed by atoms with Crippen molar-refractivity contribution in [2.45, 2.75) is 12.5 Å². The molecular formula is C24H22N4O4S. The zero-order valence-electron chi connectivity index (χ0n) is 17.9. The number of amides is 1. The van der Waals surface area contributed by atoms with E-state index in [4.69, 9.17) is 4.74 Å². The minimum absolute atomic E-state index is 0.0367. The van der Waals surface area contributed by atoms with Crippen LogP contribution in [-0.2, 0) is 14.6 Å². The highest BCUT2D eigenvalue weighted by Crippen LogP contribution is 2.27. The van der Waals surface area contributed by atoms with Gasteiger partial charge in [-0.3, -0.25) is 4.79 Å². The summed E-state index contributed by atoms with van der Waals surface area (Å²) >= 11 is 0. The molecule has 0 radical (unpaired) electrons. The molecule has 1 aromatic heterocycles. The molecule has 0 saturated carbocycles. The van der Waals surface area contributed by atoms with Gasteiger partial charge in [0.1, 0.15) is 17.4 Å². The Morgan fingerprint density at radius 2 is 1.94 bits per heavy atom. The van der Waals surface area contributed by atoms with Crippen LogP contribution in [0.5, 0.6) is 5.75 Å². The number of methoxy groups -OCH3 is 1. The van der Waals surface area contributed by atoms with Crippen molar-refractivity contribution in [1.82, 2.24) is 15.1 Å². The molecule has 0 aliphatic carbocycles. The van der Waals surface area contributed by atoms with Gasteiger partial charge in [-0.15, -0.1) is 0 Å². The highest BCUT2D eigenvalue weighted by atomic mass is 32.2. The van der Waals surface area contributed by atoms with E-state index in [9.17, 15) is 18.5 Å². The summed E-state index contributed by atoms with van der Waals surface area (Å²) < 4.78 is 30.3. The van der Waals surface area contributed by atoms with Gasteiger partial charge >= 0.3 is 0 Å². The molecule has 8 nitrogen and oxygen atoms in total. The first-order valence-corrected chi connectivity index (χ1v) is 12.1. The van der Waals surface area contributed by atoms with Gasteiger partial charge in [0.05, 0.1) is 30.0 Å². The molecule has 1 aliphatic rings. The summed E-state index contributed by atoms with van der Waals surface area (Å²) in [4.78, 5) is 12.7. The van der Waals surface area contributed by atoms with Crippen LogP contribution in [-0.4, -0.2) is 48.8 Å². The van der Waals surface area contributed by atoms with E-state index < -0.39 is 21.8 Å². The molecule has 2 heterocycles. The normalized spacial score (nSPS) is 17.3. The van der Waals surface area contributed by atoms with Gasteiger partial charge in [-0.05, 0) is 48.9 Å². The predicted octanol–water partition coefficient (Wildman–Crippen LogP) is 2.76. The van der Waals surface area contributed by atoms with Crippen LogP contribution >= 0.6 is 0 Å². The standard InChI is InChI=1S/C24H22N4O4S/c1-32-22-9-7-17(8-10-22)23-19(15-28(27-23)21-5-3-2-4-6-21)13-18(14-25)24(29)26-20-11-12-33(30,31)16-20/h2-10,13,15,20H,11-12,16H2,1H3,(H,26,29)/b18-13+/t20-/m0/s1. The van der Waals surface area contributed by atoms with Crippen molar-refractivity contribution < 1.29 is 17.9 Å². The molecule has 1 aliphatic heterocycles. The summed E-state index contributed by atoms with van der Waals surface area (Å²) in [5, 5.41) is 17.0. The molecule has 0 unspecified atom stereocenters. The van der Waals surface area contributed by atoms with Crippen molar-refractivity contribution in [3.8, 4) is 28.8 Å². The molecule has 33 heavy (non-hydrogen) atoms. The van der Waals surface area contributed by atoms with E-state index in [-0.39, 0.29) is 17.1 Å². The summed E-state index contributed by atoms with van der Waals surface area (Å²) in [6.07, 6.45) is 3.57. The van der Waals surface area contributed by atoms with Crippen molar-refractivity contribution in [3.63, 3.8) is 0 Å². The summed E-state index contributed by atoms with van der Waals surface area (Å²) in [5.74, 6) is 0.0184. The smallest absolute Gasteiger partial charge is 0.262 e. The van der Waals surface area contributed by atoms with E-state index in [0.717, 1.165) is 11.3 Å². The van der Waals surface area contributed by atoms with Gasteiger partial charge in [0, 0.05) is 23.4 Å². The van der Waals surface area contributed by atoms with Gasteiger partial charge in [0.2, 0.25) is 0 Å². The Morgan fingerprint density at radius 1 is 1.21 bits per heavy atom. The fourth-order valence-corrected chi connectivity index (χ4v) is 5.33. The Labute approximate surface area is 192 Å². The Kier molecular flexibility index (Phi) is 6.29. The fourth-order valence-electron chi connectivity index (χ4n) is 3.66. The molecule has 2 aromatic carbocycles. The van der Waals surface area contributed by atoms with Crippen molar-refractivity contribution in [2.24, 2.45) is 0 Å². The number of nitrogens with zero attached hydrogens (tertiary/aromatic N) is 3. The van der Waals surface area contributed by atoms with E-state index in [1.807, 2.05) is 60.7 Å². The van der Waals surface area contributed by atoms with E-state index >= 15 is 0 Å². The highest BCUT2D eigenvalue weighted by molar-refractivity contribution is 7.91. The Balaban J connectivity index is 1.70. The first kappa shape index (κ1) is 22.3. The molecule has 1 N–H and O–H groups in total. The number of carbonyl (C=O) groups is 1. The zero-order chi connectivity index (χ0) is 23.4. The average Bonchev–Trinajstić information content (AvgIpc) is 3.40. The lowest BCUT2D eigenvalue weighted by Gasteiger charge is -2.09. The van der Waals surface area contributed by atoms with E-state index in [2.05, 4.69) is 10.4 Å². The summed E-state index contributed by atoms with van der Waals surface area (Å²) in [6, 6.07) is 18.2. The Hall–Kier alpha value is -3.90. The molecule has 1 atom stereocenters. The first-order valence-electron chi connectivity index (χ1n) is 10.3. The van der Waals surface area contributed by atoms with Crippen molar-refractivity contribution in [2.75, 3.05) is 18.6 Å². The van der Waals surface area contributed by atoms with E-state index in [1.54, 1.807) is 18.0 Å². The van der Waals surface area contributed by atoms with E-state index in [1.165, 1.54) is 6.08 Å². The van der Waals surface area contributed by atoms with Gasteiger partial charge in [-0.1, -0.05) is 18.2 Å². The number of nitriles is 1. The molecular weight excluding hydrogens is 440 g/mol. The molecule has 9 heteroatoms. The van der Waals surface area contributed by atoms with Crippen LogP contribution in [0.1, 0.15) is 12.0 Å². The summed E-state index contributed by atoms with van der Waals surface area (Å²) in [7, 11) is -1.56. The number of para-hydroxylation sites is 1. The number of aromatic nitrogens is 2. The molecule has 3 aromatic rings. The first-order chi connectivity index (χ1) is 15.9. The van der Waals surface area contributed by atoms with Crippen LogP contribution < -0.4 is 10.1 Å². The zero-order valence-corrected chi connectivity index (χ0v) is 18.7. The minimum atomic E-state index is -3.15. The van der Waals surface area contributed by atoms with Crippen LogP contribution in [0.15, 0.2) is 66.4 Å². The van der Waals surface area contributed by atoms with Gasteiger partial charge in [0.25, 0.3) is 5.91 Å². The number of rotatable bonds is 6. The second kappa shape index (κ2) is 9.30. The maximum atomic E-state index is 12.7. The van der Waals surface area contributed by atoms with Gasteiger partial charge in [-0.2, -0.15) is 10.4 Å². The number of benzene rings is 2. The topological polar surface area (TPSA) is 114 Å². The maximum absolute atomic E-state index is 12.7. The third kappa shape index (κ3) is 5.13. The monoisotopic (exact) mass is 462 g/mol. The quantitative estimate of drug-likeness (QED) is 0.445. The second-order valence-corrected chi connectivity index (χ2v) is 9.91. The fraction of sp³-hybridized carbons (Fsp3) is 0.208. The third-order valence-electron chi connectivity index (χ3n) is 5.36. The molecule has 4 rings (SSSR count). The molecule has 1 amide bonds. The van der Waals surface area contributed by atoms with Gasteiger partial charge < -0.3 is 10.1 Å². The highest BCUT2D eigenvalue weighted by Gasteiger charge is 2.29. The second-order valence-electron chi connectivity index (χ2n) is 7.68. The molecule has 0 spiro atoms. The van der Waals surface area contributed by atoms with Crippen molar-refractivity contribution in [1.29, 1.82) is 5.26 Å². The number of hydrogen-bond acceptors (Lipinski definition) is 6. The lowest BCUT2D eigenvalue weighted by atomic mass is 10.1. The predicted molar refractivity (Wildman–Crippen MR) is 124 cm³/mol. The van der Waals surface area contributed by atoms with Crippen LogP contribution in [0.3, 0.4) is 0 Å². The van der Waals surface area contributed by atoms with Crippen molar-refractivity contribution >= 4 is 21.8 Å². The number of sulfone groups is 1. The van der Waals surface area contributed by atoms with Gasteiger partial charge in [-0.25, -0.2) is 13.1 Å². The van der Waals surface area contributed by atoms with E-state index in [0.29, 0.717) is 23.4 Å². The van der Waals surface area contributed by atoms with Gasteiger partial charge in [0.15, 0.2) is 9.84 Å². The summed E-state index contributed by atoms with van der Waals surface area (Å²) in [5.41, 5.74) is 2.66. The van der Waals surface area contributed by atoms with Crippen LogP contribution in [0.25, 0.3) is 23.0 Å². The van der Waals surface area contributed by atoms with Crippen LogP contribution in [0.2, 0.25) is 0 Å². The molecule has 168 valence electrons. The number of hydrogen-bond donors (Lipinski definition) is 1. The average molecular weight is 463 g/mol. The number of ether oxygens (including phenoxy) is 1. The molecule has 1 saturated heterocycles. The van der Waals surface area contributed by atoms with Crippen LogP contribution in [0.4, 0.5) is 0 Å². The largest absolute Gasteiger partial charge is 0.497 e. The van der Waals surface area contributed by atoms with Crippen LogP contribution in [0, 0.1) is 11.3 Å². The number of nitrogens with one attached hydrogen (secondary N) is 1. The molecule has 0 bridgehead atoms. The lowest BCUT2D eigenvalue weighted by molar-refractivity contribution is -0.117. The SMILES string of the molecule is COc1ccc(-c2nn(-c3ccccc3)cc2/C=C(\C#N)C(=O)N[C@H]2CCS(=O)(=O)C2)cc1. The third-order valence-corrected chi connectivity index (χ3v) is 7.13. The van der Waals surface area contributed by atoms with Crippen molar-refractivity contribution in [3.05, 3.63) is 71.9 Å².